The Morgan fingerprint density at radius 1 is 1.33 bits per heavy atom. The van der Waals surface area contributed by atoms with Crippen LogP contribution >= 0.6 is 12.4 Å². The molecule has 0 aromatic heterocycles. The highest BCUT2D eigenvalue weighted by Gasteiger charge is 2.08. The highest BCUT2D eigenvalue weighted by Crippen LogP contribution is 2.24. The molecule has 0 fully saturated rings. The van der Waals surface area contributed by atoms with Gasteiger partial charge in [-0.1, -0.05) is 18.2 Å². The van der Waals surface area contributed by atoms with Crippen LogP contribution < -0.4 is 5.32 Å². The van der Waals surface area contributed by atoms with E-state index in [0.29, 0.717) is 0 Å². The second-order valence-electron chi connectivity index (χ2n) is 3.14. The average Bonchev–Trinajstić information content (AvgIpc) is 2.06. The van der Waals surface area contributed by atoms with Crippen LogP contribution in [0.2, 0.25) is 0 Å². The van der Waals surface area contributed by atoms with Crippen molar-refractivity contribution < 1.29 is 0 Å². The smallest absolute Gasteiger partial charge is 0.0402 e. The summed E-state index contributed by atoms with van der Waals surface area (Å²) in [5.41, 5.74) is 4.23. The summed E-state index contributed by atoms with van der Waals surface area (Å²) in [5.74, 6) is 0. The van der Waals surface area contributed by atoms with Crippen molar-refractivity contribution in [1.82, 2.24) is 0 Å². The van der Waals surface area contributed by atoms with Crippen molar-refractivity contribution in [3.63, 3.8) is 0 Å². The third kappa shape index (κ3) is 1.56. The minimum atomic E-state index is 0. The second kappa shape index (κ2) is 3.81. The van der Waals surface area contributed by atoms with Crippen LogP contribution in [0.25, 0.3) is 0 Å². The topological polar surface area (TPSA) is 12.0 Å². The van der Waals surface area contributed by atoms with Crippen molar-refractivity contribution in [3.8, 4) is 0 Å². The summed E-state index contributed by atoms with van der Waals surface area (Å²) in [6.07, 6.45) is 2.51. The molecule has 1 aliphatic heterocycles. The maximum Gasteiger partial charge on any atom is 0.0402 e. The standard InChI is InChI=1S/C10H13N.ClH/c1-8-4-2-5-9-6-3-7-11-10(8)9;/h2,4-5,11H,3,6-7H2,1H3;1H. The molecule has 1 heterocycles. The fourth-order valence-electron chi connectivity index (χ4n) is 1.68. The van der Waals surface area contributed by atoms with Gasteiger partial charge in [-0.2, -0.15) is 0 Å². The average molecular weight is 184 g/mol. The Kier molecular flexibility index (Phi) is 2.99. The van der Waals surface area contributed by atoms with Crippen LogP contribution in [0.15, 0.2) is 18.2 Å². The number of halogens is 1. The summed E-state index contributed by atoms with van der Waals surface area (Å²) < 4.78 is 0. The Hall–Kier alpha value is -0.690. The maximum absolute atomic E-state index is 3.43. The number of nitrogens with one attached hydrogen (secondary N) is 1. The Morgan fingerprint density at radius 2 is 2.17 bits per heavy atom. The summed E-state index contributed by atoms with van der Waals surface area (Å²) in [4.78, 5) is 0. The summed E-state index contributed by atoms with van der Waals surface area (Å²) in [7, 11) is 0. The van der Waals surface area contributed by atoms with Crippen molar-refractivity contribution in [2.75, 3.05) is 11.9 Å². The number of hydrogen-bond acceptors (Lipinski definition) is 1. The van der Waals surface area contributed by atoms with Crippen molar-refractivity contribution in [1.29, 1.82) is 0 Å². The van der Waals surface area contributed by atoms with Crippen LogP contribution in [0, 0.1) is 6.92 Å². The Morgan fingerprint density at radius 3 is 2.92 bits per heavy atom. The molecule has 1 aromatic carbocycles. The van der Waals surface area contributed by atoms with Crippen LogP contribution in [0.3, 0.4) is 0 Å². The van der Waals surface area contributed by atoms with Crippen LogP contribution in [-0.4, -0.2) is 6.54 Å². The minimum Gasteiger partial charge on any atom is -0.385 e. The van der Waals surface area contributed by atoms with E-state index in [2.05, 4.69) is 30.4 Å². The fraction of sp³-hybridized carbons (Fsp3) is 0.400. The third-order valence-electron chi connectivity index (χ3n) is 2.28. The number of rotatable bonds is 0. The van der Waals surface area contributed by atoms with E-state index in [1.807, 2.05) is 0 Å². The van der Waals surface area contributed by atoms with E-state index in [1.165, 1.54) is 29.7 Å². The van der Waals surface area contributed by atoms with Crippen LogP contribution in [0.4, 0.5) is 5.69 Å². The monoisotopic (exact) mass is 183 g/mol. The number of para-hydroxylation sites is 1. The lowest BCUT2D eigenvalue weighted by Gasteiger charge is -2.19. The first-order valence-corrected chi connectivity index (χ1v) is 4.20. The Labute approximate surface area is 79.6 Å². The molecule has 12 heavy (non-hydrogen) atoms. The zero-order chi connectivity index (χ0) is 7.68. The van der Waals surface area contributed by atoms with Gasteiger partial charge in [0.25, 0.3) is 0 Å². The molecule has 1 nitrogen and oxygen atoms in total. The van der Waals surface area contributed by atoms with E-state index < -0.39 is 0 Å². The summed E-state index contributed by atoms with van der Waals surface area (Å²) in [5, 5.41) is 3.43. The molecule has 0 saturated carbocycles. The van der Waals surface area contributed by atoms with Gasteiger partial charge in [-0.3, -0.25) is 0 Å². The predicted octanol–water partition coefficient (Wildman–Crippen LogP) is 2.77. The summed E-state index contributed by atoms with van der Waals surface area (Å²) in [6.45, 7) is 3.30. The first kappa shape index (κ1) is 9.40. The molecule has 0 bridgehead atoms. The van der Waals surface area contributed by atoms with E-state index in [-0.39, 0.29) is 12.4 Å². The molecule has 1 aliphatic rings. The van der Waals surface area contributed by atoms with Crippen molar-refractivity contribution in [3.05, 3.63) is 29.3 Å². The number of fused-ring (bicyclic) bond motifs is 1. The molecule has 66 valence electrons. The normalized spacial score (nSPS) is 14.1. The van der Waals surface area contributed by atoms with Gasteiger partial charge in [0, 0.05) is 12.2 Å². The molecular weight excluding hydrogens is 170 g/mol. The second-order valence-corrected chi connectivity index (χ2v) is 3.14. The summed E-state index contributed by atoms with van der Waals surface area (Å²) >= 11 is 0. The molecule has 2 rings (SSSR count). The van der Waals surface area contributed by atoms with Gasteiger partial charge in [-0.05, 0) is 30.9 Å². The van der Waals surface area contributed by atoms with E-state index in [4.69, 9.17) is 0 Å². The number of benzene rings is 1. The van der Waals surface area contributed by atoms with Gasteiger partial charge in [0.2, 0.25) is 0 Å². The minimum absolute atomic E-state index is 0. The Balaban J connectivity index is 0.000000720. The lowest BCUT2D eigenvalue weighted by atomic mass is 10.0. The lowest BCUT2D eigenvalue weighted by molar-refractivity contribution is 0.827. The van der Waals surface area contributed by atoms with Crippen LogP contribution in [0.1, 0.15) is 17.5 Å². The molecule has 0 aliphatic carbocycles. The van der Waals surface area contributed by atoms with Gasteiger partial charge in [0.05, 0.1) is 0 Å². The number of aryl methyl sites for hydroxylation is 2. The molecule has 1 N–H and O–H groups in total. The Bertz CT molecular complexity index is 271. The van der Waals surface area contributed by atoms with Crippen molar-refractivity contribution in [2.45, 2.75) is 19.8 Å². The fourth-order valence-corrected chi connectivity index (χ4v) is 1.68. The van der Waals surface area contributed by atoms with E-state index >= 15 is 0 Å². The first-order chi connectivity index (χ1) is 5.38. The molecule has 1 aromatic rings. The summed E-state index contributed by atoms with van der Waals surface area (Å²) in [6, 6.07) is 6.52. The third-order valence-corrected chi connectivity index (χ3v) is 2.28. The van der Waals surface area contributed by atoms with Gasteiger partial charge in [0.1, 0.15) is 0 Å². The van der Waals surface area contributed by atoms with Gasteiger partial charge >= 0.3 is 0 Å². The lowest BCUT2D eigenvalue weighted by Crippen LogP contribution is -2.12. The van der Waals surface area contributed by atoms with E-state index in [0.717, 1.165) is 6.54 Å². The largest absolute Gasteiger partial charge is 0.385 e. The van der Waals surface area contributed by atoms with E-state index in [9.17, 15) is 0 Å². The zero-order valence-corrected chi connectivity index (χ0v) is 8.08. The van der Waals surface area contributed by atoms with Crippen molar-refractivity contribution in [2.24, 2.45) is 0 Å². The van der Waals surface area contributed by atoms with Crippen LogP contribution in [0.5, 0.6) is 0 Å². The SMILES string of the molecule is Cc1cccc2c1NCCC2.Cl. The van der Waals surface area contributed by atoms with Gasteiger partial charge in [0.15, 0.2) is 0 Å². The molecule has 0 atom stereocenters. The molecule has 0 radical (unpaired) electrons. The molecule has 0 unspecified atom stereocenters. The van der Waals surface area contributed by atoms with Gasteiger partial charge < -0.3 is 5.32 Å². The number of hydrogen-bond donors (Lipinski definition) is 1. The van der Waals surface area contributed by atoms with E-state index in [1.54, 1.807) is 0 Å². The molecular formula is C10H14ClN. The van der Waals surface area contributed by atoms with Crippen LogP contribution in [-0.2, 0) is 6.42 Å². The highest BCUT2D eigenvalue weighted by molar-refractivity contribution is 5.85. The molecule has 0 saturated heterocycles. The van der Waals surface area contributed by atoms with Crippen molar-refractivity contribution >= 4 is 18.1 Å². The first-order valence-electron chi connectivity index (χ1n) is 4.20. The van der Waals surface area contributed by atoms with Gasteiger partial charge in [-0.15, -0.1) is 12.4 Å². The molecule has 0 spiro atoms. The highest BCUT2D eigenvalue weighted by atomic mass is 35.5. The quantitative estimate of drug-likeness (QED) is 0.652. The number of anilines is 1. The molecule has 2 heteroatoms. The maximum atomic E-state index is 3.43. The predicted molar refractivity (Wildman–Crippen MR) is 55.2 cm³/mol. The molecule has 0 amide bonds. The van der Waals surface area contributed by atoms with Gasteiger partial charge in [-0.25, -0.2) is 0 Å². The zero-order valence-electron chi connectivity index (χ0n) is 7.26.